The highest BCUT2D eigenvalue weighted by atomic mass is 35.5. The zero-order valence-corrected chi connectivity index (χ0v) is 32.3. The second-order valence-corrected chi connectivity index (χ2v) is 15.3. The molecule has 0 aliphatic carbocycles. The summed E-state index contributed by atoms with van der Waals surface area (Å²) in [6, 6.07) is 0.0945. The van der Waals surface area contributed by atoms with Crippen LogP contribution < -0.4 is 16.5 Å². The number of hydrogen-bond acceptors (Lipinski definition) is 15. The summed E-state index contributed by atoms with van der Waals surface area (Å²) in [5.41, 5.74) is 5.44. The van der Waals surface area contributed by atoms with Crippen molar-refractivity contribution in [1.29, 1.82) is 0 Å². The molecule has 300 valence electrons. The fraction of sp³-hybridized carbons (Fsp3) is 0.424. The van der Waals surface area contributed by atoms with Gasteiger partial charge in [-0.2, -0.15) is 5.10 Å². The third kappa shape index (κ3) is 8.51. The van der Waals surface area contributed by atoms with Crippen LogP contribution >= 0.6 is 34.7 Å². The number of carboxylic acid groups (broad SMARTS) is 3. The van der Waals surface area contributed by atoms with E-state index < -0.39 is 70.4 Å². The molecule has 0 bridgehead atoms. The first-order valence-corrected chi connectivity index (χ1v) is 19.4. The van der Waals surface area contributed by atoms with Crippen LogP contribution in [-0.4, -0.2) is 129 Å². The number of nitrogen functional groups attached to an aromatic ring is 1. The lowest BCUT2D eigenvalue weighted by Gasteiger charge is -2.50. The van der Waals surface area contributed by atoms with Crippen LogP contribution in [0.2, 0.25) is 5.02 Å². The van der Waals surface area contributed by atoms with Crippen molar-refractivity contribution in [3.8, 4) is 11.5 Å². The van der Waals surface area contributed by atoms with Crippen LogP contribution in [0.1, 0.15) is 44.5 Å². The zero-order chi connectivity index (χ0) is 41.1. The second-order valence-electron chi connectivity index (χ2n) is 12.9. The Bertz CT molecular complexity index is 2220. The Balaban J connectivity index is 0.00000113. The lowest BCUT2D eigenvalue weighted by molar-refractivity contribution is -0.925. The number of aliphatic carboxylic acids is 3. The number of thioether (sulfide) groups is 1. The third-order valence-electron chi connectivity index (χ3n) is 9.20. The van der Waals surface area contributed by atoms with Gasteiger partial charge in [0.15, 0.2) is 28.0 Å². The lowest BCUT2D eigenvalue weighted by Crippen LogP contribution is -2.71. The van der Waals surface area contributed by atoms with Gasteiger partial charge in [0.1, 0.15) is 35.9 Å². The first kappa shape index (κ1) is 41.7. The topological polar surface area (TPSA) is 297 Å². The number of fused-ring (bicyclic) bond motifs is 2. The number of aromatic nitrogens is 3. The molecule has 6 rings (SSSR count). The molecule has 0 spiro atoms. The normalized spacial score (nSPS) is 18.8. The molecular formula is C33H38ClN8O12S2+. The van der Waals surface area contributed by atoms with Gasteiger partial charge in [-0.25, -0.2) is 14.6 Å². The number of amides is 2. The summed E-state index contributed by atoms with van der Waals surface area (Å²) in [6.45, 7) is 4.41. The lowest BCUT2D eigenvalue weighted by atomic mass is 10.0. The number of rotatable bonds is 13. The molecule has 8 N–H and O–H groups in total. The van der Waals surface area contributed by atoms with Crippen molar-refractivity contribution in [2.45, 2.75) is 57.6 Å². The number of aryl methyl sites for hydroxylation is 1. The average Bonchev–Trinajstić information content (AvgIpc) is 3.80. The van der Waals surface area contributed by atoms with Crippen molar-refractivity contribution in [2.24, 2.45) is 5.16 Å². The fourth-order valence-electron chi connectivity index (χ4n) is 6.63. The van der Waals surface area contributed by atoms with Crippen molar-refractivity contribution in [3.63, 3.8) is 0 Å². The number of β-lactam (4-membered cyclic amide) rings is 1. The van der Waals surface area contributed by atoms with E-state index in [0.717, 1.165) is 29.1 Å². The summed E-state index contributed by atoms with van der Waals surface area (Å²) in [5.74, 6) is -5.88. The van der Waals surface area contributed by atoms with Gasteiger partial charge in [-0.15, -0.1) is 23.1 Å². The summed E-state index contributed by atoms with van der Waals surface area (Å²) < 4.78 is 1.79. The number of nitrogens with zero attached hydrogens (tertiary/aromatic N) is 6. The van der Waals surface area contributed by atoms with E-state index in [-0.39, 0.29) is 67.9 Å². The SMILES string of the molecule is CCC(=O)O.CCn1nc(C[N+]2(CC3=C(C(=O)O)N4C(=O)[C@@H](NC(=O)/C(=N\OCC(=O)O)c5csc(N)n5)[C@H]4SC3)CCCC2)c(=O)c2c(Cl)c(O)c(O)cc21. The Morgan fingerprint density at radius 1 is 1.11 bits per heavy atom. The Morgan fingerprint density at radius 3 is 2.36 bits per heavy atom. The molecule has 0 radical (unpaired) electrons. The Hall–Kier alpha value is -5.45. The van der Waals surface area contributed by atoms with E-state index in [9.17, 15) is 44.1 Å². The molecule has 2 atom stereocenters. The number of halogens is 1. The summed E-state index contributed by atoms with van der Waals surface area (Å²) in [5, 5.41) is 58.6. The molecule has 2 aromatic heterocycles. The number of nitrogens with one attached hydrogen (secondary N) is 1. The van der Waals surface area contributed by atoms with E-state index in [1.807, 2.05) is 0 Å². The average molecular weight is 838 g/mol. The maximum atomic E-state index is 13.8. The van der Waals surface area contributed by atoms with Crippen molar-refractivity contribution in [1.82, 2.24) is 25.0 Å². The first-order chi connectivity index (χ1) is 26.5. The predicted octanol–water partition coefficient (Wildman–Crippen LogP) is 1.36. The molecule has 1 aromatic carbocycles. The van der Waals surface area contributed by atoms with E-state index >= 15 is 0 Å². The number of phenolic OH excluding ortho intramolecular Hbond substituents is 2. The second kappa shape index (κ2) is 17.1. The van der Waals surface area contributed by atoms with Gasteiger partial charge in [-0.3, -0.25) is 28.8 Å². The van der Waals surface area contributed by atoms with Crippen LogP contribution in [0.5, 0.6) is 11.5 Å². The quantitative estimate of drug-likeness (QED) is 0.0420. The summed E-state index contributed by atoms with van der Waals surface area (Å²) >= 11 is 8.60. The number of hydrogen-bond donors (Lipinski definition) is 7. The standard InChI is InChI=1S/C30H31ClN8O10S2.C3H6O2/c1-2-37-16-7-17(40)25(44)20(31)19(16)24(43)14(35-37)9-39(5-3-4-6-39)8-13-11-50-28-22(27(46)38(28)23(13)29(47)48)34-26(45)21(36-49-10-18(41)42)15-12-51-30(32)33-15;1-2-3(4)5/h7,12,22,28H,2-6,8-11H2,1H3,(H6-,32,33,34,35,36,40,41,42,43,44,45,47,48);2H2,1H3,(H,4,5)/p+1/t22-,28-;/m1./s1. The number of aromatic hydroxyl groups is 2. The summed E-state index contributed by atoms with van der Waals surface area (Å²) in [4.78, 5) is 83.4. The molecule has 3 aliphatic heterocycles. The van der Waals surface area contributed by atoms with Crippen LogP contribution in [0, 0.1) is 0 Å². The van der Waals surface area contributed by atoms with Crippen LogP contribution in [0.4, 0.5) is 5.13 Å². The monoisotopic (exact) mass is 837 g/mol. The number of carboxylic acids is 3. The predicted molar refractivity (Wildman–Crippen MR) is 202 cm³/mol. The maximum absolute atomic E-state index is 13.8. The van der Waals surface area contributed by atoms with E-state index in [1.54, 1.807) is 13.8 Å². The number of thiazole rings is 1. The number of quaternary nitrogens is 1. The Labute approximate surface area is 330 Å². The van der Waals surface area contributed by atoms with Crippen molar-refractivity contribution >= 4 is 86.2 Å². The minimum atomic E-state index is -1.33. The highest BCUT2D eigenvalue weighted by molar-refractivity contribution is 8.00. The van der Waals surface area contributed by atoms with Gasteiger partial charge >= 0.3 is 17.9 Å². The summed E-state index contributed by atoms with van der Waals surface area (Å²) in [6.07, 6.45) is 1.83. The van der Waals surface area contributed by atoms with Crippen molar-refractivity contribution in [2.75, 3.05) is 37.7 Å². The molecule has 2 fully saturated rings. The molecule has 2 amide bonds. The number of anilines is 1. The molecule has 23 heteroatoms. The van der Waals surface area contributed by atoms with Crippen molar-refractivity contribution in [3.05, 3.63) is 49.4 Å². The van der Waals surface area contributed by atoms with Gasteiger partial charge in [0.25, 0.3) is 11.8 Å². The smallest absolute Gasteiger partial charge is 0.352 e. The molecule has 5 heterocycles. The highest BCUT2D eigenvalue weighted by Crippen LogP contribution is 2.42. The van der Waals surface area contributed by atoms with Crippen LogP contribution in [0.15, 0.2) is 32.7 Å². The zero-order valence-electron chi connectivity index (χ0n) is 29.9. The van der Waals surface area contributed by atoms with E-state index in [2.05, 4.69) is 20.6 Å². The number of carbonyl (C=O) groups is 5. The summed E-state index contributed by atoms with van der Waals surface area (Å²) in [7, 11) is 0. The van der Waals surface area contributed by atoms with Gasteiger partial charge in [-0.1, -0.05) is 23.7 Å². The fourth-order valence-corrected chi connectivity index (χ4v) is 8.80. The molecule has 3 aliphatic rings. The van der Waals surface area contributed by atoms with Gasteiger partial charge in [0, 0.05) is 48.6 Å². The van der Waals surface area contributed by atoms with Crippen LogP contribution in [0.3, 0.4) is 0 Å². The van der Waals surface area contributed by atoms with E-state index in [0.29, 0.717) is 25.2 Å². The van der Waals surface area contributed by atoms with E-state index in [1.165, 1.54) is 27.9 Å². The van der Waals surface area contributed by atoms with Gasteiger partial charge in [0.2, 0.25) is 12.0 Å². The number of oxime groups is 1. The highest BCUT2D eigenvalue weighted by Gasteiger charge is 2.55. The molecule has 0 saturated carbocycles. The van der Waals surface area contributed by atoms with Crippen LogP contribution in [-0.2, 0) is 41.9 Å². The van der Waals surface area contributed by atoms with Crippen molar-refractivity contribution < 1.29 is 58.8 Å². The Kier molecular flexibility index (Phi) is 12.8. The molecule has 20 nitrogen and oxygen atoms in total. The molecule has 0 unspecified atom stereocenters. The van der Waals surface area contributed by atoms with Gasteiger partial charge in [-0.05, 0) is 6.92 Å². The number of carbonyl (C=O) groups excluding carboxylic acids is 2. The maximum Gasteiger partial charge on any atom is 0.352 e. The minimum Gasteiger partial charge on any atom is -0.504 e. The number of benzene rings is 1. The van der Waals surface area contributed by atoms with E-state index in [4.69, 9.17) is 32.4 Å². The third-order valence-corrected chi connectivity index (χ3v) is 11.6. The molecular weight excluding hydrogens is 800 g/mol. The van der Waals surface area contributed by atoms with Crippen LogP contribution in [0.25, 0.3) is 10.9 Å². The van der Waals surface area contributed by atoms with Gasteiger partial charge < -0.3 is 45.9 Å². The Morgan fingerprint density at radius 2 is 1.79 bits per heavy atom. The molecule has 56 heavy (non-hydrogen) atoms. The first-order valence-electron chi connectivity index (χ1n) is 17.1. The van der Waals surface area contributed by atoms with Gasteiger partial charge in [0.05, 0.1) is 29.0 Å². The molecule has 2 saturated heterocycles. The number of phenols is 2. The molecule has 3 aromatic rings. The number of nitrogens with two attached hydrogens (primary N) is 1. The number of likely N-dealkylation sites (tertiary alicyclic amines) is 1. The largest absolute Gasteiger partial charge is 0.504 e. The minimum absolute atomic E-state index is 0.00262.